The number of nitrogens with zero attached hydrogens (tertiary/aromatic N) is 2. The molecule has 1 N–H and O–H groups in total. The second-order valence-corrected chi connectivity index (χ2v) is 6.68. The zero-order chi connectivity index (χ0) is 19.4. The Morgan fingerprint density at radius 1 is 1.30 bits per heavy atom. The van der Waals surface area contributed by atoms with Gasteiger partial charge < -0.3 is 9.84 Å². The van der Waals surface area contributed by atoms with Crippen LogP contribution in [-0.4, -0.2) is 27.7 Å². The van der Waals surface area contributed by atoms with E-state index in [1.165, 1.54) is 24.3 Å². The Morgan fingerprint density at radius 3 is 2.70 bits per heavy atom. The smallest absolute Gasteiger partial charge is 0.344 e. The predicted octanol–water partition coefficient (Wildman–Crippen LogP) is 4.72. The number of aryl methyl sites for hydroxylation is 1. The Kier molecular flexibility index (Phi) is 5.71. The van der Waals surface area contributed by atoms with Gasteiger partial charge in [0.25, 0.3) is 0 Å². The minimum absolute atomic E-state index is 0.00919. The Hall–Kier alpha value is -2.93. The third kappa shape index (κ3) is 4.43. The first-order valence-corrected chi connectivity index (χ1v) is 9.08. The first-order chi connectivity index (χ1) is 13.0. The van der Waals surface area contributed by atoms with Crippen molar-refractivity contribution in [1.29, 1.82) is 0 Å². The van der Waals surface area contributed by atoms with Crippen LogP contribution in [0.4, 0.5) is 10.1 Å². The van der Waals surface area contributed by atoms with Gasteiger partial charge in [0, 0.05) is 5.69 Å². The molecule has 0 fully saturated rings. The van der Waals surface area contributed by atoms with E-state index < -0.39 is 5.97 Å². The van der Waals surface area contributed by atoms with E-state index >= 15 is 0 Å². The number of rotatable bonds is 4. The van der Waals surface area contributed by atoms with Crippen LogP contribution in [0.2, 0.25) is 0 Å². The van der Waals surface area contributed by atoms with Crippen LogP contribution >= 0.6 is 11.8 Å². The highest BCUT2D eigenvalue weighted by Crippen LogP contribution is 2.40. The molecule has 0 amide bonds. The highest BCUT2D eigenvalue weighted by Gasteiger charge is 2.33. The molecule has 2 aromatic rings. The van der Waals surface area contributed by atoms with Crippen LogP contribution in [0.3, 0.4) is 0 Å². The average Bonchev–Trinajstić information content (AvgIpc) is 2.92. The van der Waals surface area contributed by atoms with Gasteiger partial charge in [-0.1, -0.05) is 17.8 Å². The van der Waals surface area contributed by atoms with Gasteiger partial charge in [0.15, 0.2) is 0 Å². The second kappa shape index (κ2) is 8.18. The standard InChI is InChI=1S/C20H17FN2O3S/c1-3-26-20(25)17-18(24)16(11-15-6-4-5-12(2)22-15)27-19(17)23-14-9-7-13(21)8-10-14/h4-11,24H,3H2,1-2H3/b16-11+,23-19?. The second-order valence-electron chi connectivity index (χ2n) is 5.65. The zero-order valence-corrected chi connectivity index (χ0v) is 15.6. The minimum atomic E-state index is -0.663. The molecule has 138 valence electrons. The fraction of sp³-hybridized carbons (Fsp3) is 0.150. The first-order valence-electron chi connectivity index (χ1n) is 8.26. The fourth-order valence-electron chi connectivity index (χ4n) is 2.40. The topological polar surface area (TPSA) is 71.8 Å². The summed E-state index contributed by atoms with van der Waals surface area (Å²) in [6.45, 7) is 3.72. The summed E-state index contributed by atoms with van der Waals surface area (Å²) < 4.78 is 18.2. The van der Waals surface area contributed by atoms with Gasteiger partial charge in [0.2, 0.25) is 0 Å². The van der Waals surface area contributed by atoms with Crippen molar-refractivity contribution in [2.75, 3.05) is 6.61 Å². The van der Waals surface area contributed by atoms with Crippen LogP contribution in [0.25, 0.3) is 6.08 Å². The molecule has 0 saturated heterocycles. The molecule has 0 atom stereocenters. The van der Waals surface area contributed by atoms with Crippen LogP contribution in [-0.2, 0) is 9.53 Å². The van der Waals surface area contributed by atoms with Gasteiger partial charge >= 0.3 is 5.97 Å². The fourth-order valence-corrected chi connectivity index (χ4v) is 3.42. The number of aliphatic hydroxyl groups is 1. The lowest BCUT2D eigenvalue weighted by Gasteiger charge is -2.03. The number of ether oxygens (including phenoxy) is 1. The average molecular weight is 384 g/mol. The number of benzene rings is 1. The lowest BCUT2D eigenvalue weighted by Crippen LogP contribution is -2.12. The monoisotopic (exact) mass is 384 g/mol. The highest BCUT2D eigenvalue weighted by molar-refractivity contribution is 8.18. The summed E-state index contributed by atoms with van der Waals surface area (Å²) in [5, 5.41) is 10.9. The zero-order valence-electron chi connectivity index (χ0n) is 14.8. The number of pyridine rings is 1. The molecule has 3 rings (SSSR count). The quantitative estimate of drug-likeness (QED) is 0.772. The van der Waals surface area contributed by atoms with Crippen molar-refractivity contribution in [2.24, 2.45) is 4.99 Å². The SMILES string of the molecule is CCOC(=O)C1=C(O)/C(=C\c2cccc(C)n2)SC1=Nc1ccc(F)cc1. The van der Waals surface area contributed by atoms with Crippen LogP contribution in [0, 0.1) is 12.7 Å². The van der Waals surface area contributed by atoms with Gasteiger partial charge in [-0.05, 0) is 56.3 Å². The number of esters is 1. The molecule has 1 aliphatic rings. The lowest BCUT2D eigenvalue weighted by atomic mass is 10.2. The van der Waals surface area contributed by atoms with Gasteiger partial charge in [-0.3, -0.25) is 4.98 Å². The first kappa shape index (κ1) is 18.8. The molecule has 2 heterocycles. The molecule has 27 heavy (non-hydrogen) atoms. The van der Waals surface area contributed by atoms with Crippen molar-refractivity contribution >= 4 is 34.5 Å². The third-order valence-electron chi connectivity index (χ3n) is 3.62. The van der Waals surface area contributed by atoms with Gasteiger partial charge in [0.05, 0.1) is 22.9 Å². The van der Waals surface area contributed by atoms with Crippen LogP contribution < -0.4 is 0 Å². The van der Waals surface area contributed by atoms with E-state index in [1.54, 1.807) is 19.1 Å². The maximum Gasteiger partial charge on any atom is 0.344 e. The van der Waals surface area contributed by atoms with Crippen LogP contribution in [0.15, 0.2) is 63.7 Å². The Bertz CT molecular complexity index is 965. The Labute approximate surface area is 160 Å². The number of carbonyl (C=O) groups excluding carboxylic acids is 1. The summed E-state index contributed by atoms with van der Waals surface area (Å²) in [7, 11) is 0. The van der Waals surface area contributed by atoms with Gasteiger partial charge in [-0.2, -0.15) is 0 Å². The Morgan fingerprint density at radius 2 is 2.04 bits per heavy atom. The normalized spacial score (nSPS) is 17.0. The van der Waals surface area contributed by atoms with E-state index in [-0.39, 0.29) is 28.8 Å². The van der Waals surface area contributed by atoms with E-state index in [0.29, 0.717) is 16.3 Å². The summed E-state index contributed by atoms with van der Waals surface area (Å²) in [5.74, 6) is -1.25. The molecule has 1 aromatic heterocycles. The van der Waals surface area contributed by atoms with Gasteiger partial charge in [-0.25, -0.2) is 14.2 Å². The summed E-state index contributed by atoms with van der Waals surface area (Å²) in [6.07, 6.45) is 1.68. The van der Waals surface area contributed by atoms with Crippen molar-refractivity contribution in [3.05, 3.63) is 75.9 Å². The maximum absolute atomic E-state index is 13.1. The Balaban J connectivity index is 2.03. The summed E-state index contributed by atoms with van der Waals surface area (Å²) in [5.41, 5.74) is 1.94. The number of thioether (sulfide) groups is 1. The number of halogens is 1. The van der Waals surface area contributed by atoms with Crippen LogP contribution in [0.5, 0.6) is 0 Å². The number of aliphatic hydroxyl groups excluding tert-OH is 1. The van der Waals surface area contributed by atoms with E-state index in [9.17, 15) is 14.3 Å². The van der Waals surface area contributed by atoms with Gasteiger partial charge in [-0.15, -0.1) is 0 Å². The number of carbonyl (C=O) groups is 1. The van der Waals surface area contributed by atoms with Gasteiger partial charge in [0.1, 0.15) is 22.2 Å². The molecule has 0 radical (unpaired) electrons. The van der Waals surface area contributed by atoms with Crippen molar-refractivity contribution in [1.82, 2.24) is 4.98 Å². The molecule has 0 spiro atoms. The van der Waals surface area contributed by atoms with E-state index in [1.807, 2.05) is 19.1 Å². The largest absolute Gasteiger partial charge is 0.506 e. The van der Waals surface area contributed by atoms with Crippen molar-refractivity contribution in [3.8, 4) is 0 Å². The number of hydrogen-bond acceptors (Lipinski definition) is 6. The number of aromatic nitrogens is 1. The third-order valence-corrected chi connectivity index (χ3v) is 4.64. The summed E-state index contributed by atoms with van der Waals surface area (Å²) in [6, 6.07) is 11.1. The van der Waals surface area contributed by atoms with Crippen molar-refractivity contribution in [2.45, 2.75) is 13.8 Å². The van der Waals surface area contributed by atoms with E-state index in [4.69, 9.17) is 4.74 Å². The van der Waals surface area contributed by atoms with Crippen LogP contribution in [0.1, 0.15) is 18.3 Å². The highest BCUT2D eigenvalue weighted by atomic mass is 32.2. The molecule has 5 nitrogen and oxygen atoms in total. The molecule has 0 unspecified atom stereocenters. The number of aliphatic imine (C=N–C) groups is 1. The summed E-state index contributed by atoms with van der Waals surface area (Å²) in [4.78, 5) is 21.5. The van der Waals surface area contributed by atoms with E-state index in [0.717, 1.165) is 17.5 Å². The molecule has 1 aliphatic heterocycles. The molecular formula is C20H17FN2O3S. The van der Waals surface area contributed by atoms with E-state index in [2.05, 4.69) is 9.98 Å². The molecule has 1 aromatic carbocycles. The maximum atomic E-state index is 13.1. The lowest BCUT2D eigenvalue weighted by molar-refractivity contribution is -0.138. The number of hydrogen-bond donors (Lipinski definition) is 1. The molecular weight excluding hydrogens is 367 g/mol. The molecule has 7 heteroatoms. The molecule has 0 aliphatic carbocycles. The molecule has 0 saturated carbocycles. The summed E-state index contributed by atoms with van der Waals surface area (Å²) >= 11 is 1.13. The minimum Gasteiger partial charge on any atom is -0.506 e. The predicted molar refractivity (Wildman–Crippen MR) is 104 cm³/mol. The molecule has 0 bridgehead atoms. The van der Waals surface area contributed by atoms with Crippen molar-refractivity contribution < 1.29 is 19.0 Å². The van der Waals surface area contributed by atoms with Crippen molar-refractivity contribution in [3.63, 3.8) is 0 Å².